The van der Waals surface area contributed by atoms with Crippen LogP contribution in [0.3, 0.4) is 0 Å². The van der Waals surface area contributed by atoms with Gasteiger partial charge in [0.25, 0.3) is 5.91 Å². The minimum Gasteiger partial charge on any atom is -0.322 e. The smallest absolute Gasteiger partial charge is 0.322 e. The van der Waals surface area contributed by atoms with Crippen molar-refractivity contribution in [2.45, 2.75) is 18.5 Å². The van der Waals surface area contributed by atoms with Gasteiger partial charge in [-0.2, -0.15) is 13.2 Å². The van der Waals surface area contributed by atoms with Gasteiger partial charge in [0.15, 0.2) is 0 Å². The van der Waals surface area contributed by atoms with Gasteiger partial charge in [0.2, 0.25) is 5.91 Å². The molecule has 1 aliphatic rings. The Morgan fingerprint density at radius 1 is 1.03 bits per heavy atom. The maximum atomic E-state index is 12.9. The Kier molecular flexibility index (Phi) is 5.97. The Morgan fingerprint density at radius 2 is 1.72 bits per heavy atom. The van der Waals surface area contributed by atoms with E-state index in [1.807, 2.05) is 31.2 Å². The third-order valence-corrected chi connectivity index (χ3v) is 6.30. The molecule has 8 heteroatoms. The summed E-state index contributed by atoms with van der Waals surface area (Å²) in [6, 6.07) is 19.0. The number of alkyl halides is 3. The van der Waals surface area contributed by atoms with Crippen molar-refractivity contribution in [2.24, 2.45) is 0 Å². The predicted octanol–water partition coefficient (Wildman–Crippen LogP) is 6.04. The Balaban J connectivity index is 1.50. The molecule has 4 rings (SSSR count). The topological polar surface area (TPSA) is 49.4 Å². The van der Waals surface area contributed by atoms with Crippen molar-refractivity contribution in [3.8, 4) is 0 Å². The van der Waals surface area contributed by atoms with Crippen molar-refractivity contribution in [3.63, 3.8) is 0 Å². The van der Waals surface area contributed by atoms with E-state index < -0.39 is 17.6 Å². The number of thioether (sulfide) groups is 1. The second-order valence-electron chi connectivity index (χ2n) is 7.42. The Morgan fingerprint density at radius 3 is 2.38 bits per heavy atom. The first-order valence-electron chi connectivity index (χ1n) is 9.81. The first-order valence-corrected chi connectivity index (χ1v) is 10.9. The Hall–Kier alpha value is -3.26. The minimum absolute atomic E-state index is 0.0192. The summed E-state index contributed by atoms with van der Waals surface area (Å²) in [5.41, 5.74) is 2.31. The van der Waals surface area contributed by atoms with Crippen LogP contribution in [0, 0.1) is 6.92 Å². The number of amides is 2. The summed E-state index contributed by atoms with van der Waals surface area (Å²) in [6.07, 6.45) is -4.52. The Labute approximate surface area is 187 Å². The van der Waals surface area contributed by atoms with Crippen LogP contribution in [0.2, 0.25) is 0 Å². The van der Waals surface area contributed by atoms with E-state index in [9.17, 15) is 22.8 Å². The number of rotatable bonds is 4. The largest absolute Gasteiger partial charge is 0.416 e. The van der Waals surface area contributed by atoms with E-state index in [0.29, 0.717) is 11.4 Å². The van der Waals surface area contributed by atoms with Gasteiger partial charge in [-0.25, -0.2) is 0 Å². The molecule has 3 aromatic carbocycles. The van der Waals surface area contributed by atoms with Crippen LogP contribution in [0.15, 0.2) is 72.8 Å². The zero-order chi connectivity index (χ0) is 22.9. The molecule has 1 N–H and O–H groups in total. The van der Waals surface area contributed by atoms with Crippen LogP contribution in [0.5, 0.6) is 0 Å². The second-order valence-corrected chi connectivity index (χ2v) is 8.49. The van der Waals surface area contributed by atoms with E-state index in [1.54, 1.807) is 29.2 Å². The molecule has 1 aliphatic heterocycles. The molecule has 4 nitrogen and oxygen atoms in total. The molecule has 0 bridgehead atoms. The fourth-order valence-electron chi connectivity index (χ4n) is 3.43. The zero-order valence-electron chi connectivity index (χ0n) is 17.0. The first kappa shape index (κ1) is 22.0. The van der Waals surface area contributed by atoms with Gasteiger partial charge in [0, 0.05) is 16.9 Å². The highest BCUT2D eigenvalue weighted by molar-refractivity contribution is 8.00. The maximum absolute atomic E-state index is 12.9. The number of hydrogen-bond donors (Lipinski definition) is 1. The lowest BCUT2D eigenvalue weighted by atomic mass is 10.1. The van der Waals surface area contributed by atoms with Crippen molar-refractivity contribution < 1.29 is 22.8 Å². The quantitative estimate of drug-likeness (QED) is 0.520. The van der Waals surface area contributed by atoms with Crippen LogP contribution >= 0.6 is 11.8 Å². The van der Waals surface area contributed by atoms with Crippen molar-refractivity contribution in [1.29, 1.82) is 0 Å². The molecule has 164 valence electrons. The lowest BCUT2D eigenvalue weighted by Crippen LogP contribution is -2.27. The van der Waals surface area contributed by atoms with Crippen LogP contribution in [0.4, 0.5) is 24.5 Å². The van der Waals surface area contributed by atoms with Gasteiger partial charge < -0.3 is 5.32 Å². The van der Waals surface area contributed by atoms with Crippen LogP contribution in [0.25, 0.3) is 0 Å². The first-order chi connectivity index (χ1) is 15.2. The number of halogens is 3. The SMILES string of the molecule is Cc1ccc(N2C(=O)CS[C@@H]2c2ccc(NC(=O)c3cccc(C(F)(F)F)c3)cc2)cc1. The van der Waals surface area contributed by atoms with Gasteiger partial charge in [-0.1, -0.05) is 35.9 Å². The highest BCUT2D eigenvalue weighted by Crippen LogP contribution is 2.42. The summed E-state index contributed by atoms with van der Waals surface area (Å²) in [7, 11) is 0. The van der Waals surface area contributed by atoms with E-state index in [2.05, 4.69) is 5.32 Å². The average molecular weight is 456 g/mol. The number of hydrogen-bond acceptors (Lipinski definition) is 3. The normalized spacial score (nSPS) is 16.3. The van der Waals surface area contributed by atoms with E-state index in [1.165, 1.54) is 23.9 Å². The van der Waals surface area contributed by atoms with E-state index in [4.69, 9.17) is 0 Å². The van der Waals surface area contributed by atoms with Crippen LogP contribution in [0.1, 0.15) is 32.4 Å². The molecule has 0 aromatic heterocycles. The third kappa shape index (κ3) is 4.65. The van der Waals surface area contributed by atoms with Gasteiger partial charge in [0.05, 0.1) is 11.3 Å². The molecule has 0 radical (unpaired) electrons. The van der Waals surface area contributed by atoms with Crippen molar-refractivity contribution in [2.75, 3.05) is 16.0 Å². The van der Waals surface area contributed by atoms with Gasteiger partial charge in [-0.15, -0.1) is 11.8 Å². The number of carbonyl (C=O) groups excluding carboxylic acids is 2. The molecule has 0 spiro atoms. The summed E-state index contributed by atoms with van der Waals surface area (Å²) in [4.78, 5) is 26.6. The number of aryl methyl sites for hydroxylation is 1. The number of nitrogens with one attached hydrogen (secondary N) is 1. The molecule has 3 aromatic rings. The highest BCUT2D eigenvalue weighted by Gasteiger charge is 2.34. The average Bonchev–Trinajstić information content (AvgIpc) is 3.16. The number of nitrogens with zero attached hydrogens (tertiary/aromatic N) is 1. The molecular formula is C24H19F3N2O2S. The maximum Gasteiger partial charge on any atom is 0.416 e. The molecule has 1 fully saturated rings. The Bertz CT molecular complexity index is 1150. The van der Waals surface area contributed by atoms with Crippen molar-refractivity contribution >= 4 is 35.0 Å². The van der Waals surface area contributed by atoms with Gasteiger partial charge in [-0.05, 0) is 55.0 Å². The number of carbonyl (C=O) groups is 2. The highest BCUT2D eigenvalue weighted by atomic mass is 32.2. The summed E-state index contributed by atoms with van der Waals surface area (Å²) in [6.45, 7) is 1.98. The van der Waals surface area contributed by atoms with Crippen LogP contribution in [-0.2, 0) is 11.0 Å². The second kappa shape index (κ2) is 8.70. The predicted molar refractivity (Wildman–Crippen MR) is 120 cm³/mol. The zero-order valence-corrected chi connectivity index (χ0v) is 17.8. The third-order valence-electron chi connectivity index (χ3n) is 5.09. The van der Waals surface area contributed by atoms with Gasteiger partial charge >= 0.3 is 6.18 Å². The number of benzene rings is 3. The molecule has 2 amide bonds. The molecule has 1 atom stereocenters. The summed E-state index contributed by atoms with van der Waals surface area (Å²) in [5, 5.41) is 2.42. The van der Waals surface area contributed by atoms with E-state index in [0.717, 1.165) is 28.9 Å². The molecule has 1 saturated heterocycles. The standard InChI is InChI=1S/C24H19F3N2O2S/c1-15-5-11-20(12-6-15)29-21(30)14-32-23(29)16-7-9-19(10-8-16)28-22(31)17-3-2-4-18(13-17)24(25,26)27/h2-13,23H,14H2,1H3,(H,28,31)/t23-/m1/s1. The minimum atomic E-state index is -4.52. The number of anilines is 2. The van der Waals surface area contributed by atoms with Gasteiger partial charge in [0.1, 0.15) is 5.37 Å². The lowest BCUT2D eigenvalue weighted by molar-refractivity contribution is -0.137. The fourth-order valence-corrected chi connectivity index (χ4v) is 4.60. The van der Waals surface area contributed by atoms with Gasteiger partial charge in [-0.3, -0.25) is 14.5 Å². The van der Waals surface area contributed by atoms with Crippen LogP contribution in [-0.4, -0.2) is 17.6 Å². The molecule has 0 unspecified atom stereocenters. The summed E-state index contributed by atoms with van der Waals surface area (Å²) >= 11 is 1.51. The lowest BCUT2D eigenvalue weighted by Gasteiger charge is -2.24. The molecule has 32 heavy (non-hydrogen) atoms. The van der Waals surface area contributed by atoms with E-state index in [-0.39, 0.29) is 16.8 Å². The van der Waals surface area contributed by atoms with Crippen molar-refractivity contribution in [3.05, 3.63) is 95.1 Å². The molecule has 0 aliphatic carbocycles. The fraction of sp³-hybridized carbons (Fsp3) is 0.167. The summed E-state index contributed by atoms with van der Waals surface area (Å²) in [5.74, 6) is -0.242. The monoisotopic (exact) mass is 456 g/mol. The summed E-state index contributed by atoms with van der Waals surface area (Å²) < 4.78 is 38.7. The van der Waals surface area contributed by atoms with Crippen LogP contribution < -0.4 is 10.2 Å². The molecule has 0 saturated carbocycles. The van der Waals surface area contributed by atoms with E-state index >= 15 is 0 Å². The molecular weight excluding hydrogens is 437 g/mol. The van der Waals surface area contributed by atoms with Crippen molar-refractivity contribution in [1.82, 2.24) is 0 Å². The molecule has 1 heterocycles.